The monoisotopic (exact) mass is 146 g/mol. The normalized spacial score (nSPS) is 9.80. The molecule has 0 aliphatic rings. The van der Waals surface area contributed by atoms with Gasteiger partial charge in [-0.15, -0.1) is 0 Å². The Bertz CT molecular complexity index is 116. The van der Waals surface area contributed by atoms with Crippen molar-refractivity contribution in [1.82, 2.24) is 0 Å². The molecule has 0 aromatic rings. The zero-order chi connectivity index (χ0) is 8.57. The standard InChI is InChI=1S/C5H8O2.C2H6O/c1-3-4(2)5(6)7;1-3-2/h3H,1-2H3,(H,6,7);1-2H3. The van der Waals surface area contributed by atoms with E-state index in [1.807, 2.05) is 0 Å². The third-order valence-corrected chi connectivity index (χ3v) is 0.770. The van der Waals surface area contributed by atoms with Crippen LogP contribution in [0.1, 0.15) is 13.8 Å². The molecule has 0 atom stereocenters. The maximum Gasteiger partial charge on any atom is 0.330 e. The van der Waals surface area contributed by atoms with Gasteiger partial charge in [0.1, 0.15) is 0 Å². The second kappa shape index (κ2) is 8.17. The number of carbonyl (C=O) groups is 1. The van der Waals surface area contributed by atoms with E-state index < -0.39 is 5.97 Å². The zero-order valence-corrected chi connectivity index (χ0v) is 6.84. The summed E-state index contributed by atoms with van der Waals surface area (Å²) in [5, 5.41) is 8.11. The van der Waals surface area contributed by atoms with Crippen molar-refractivity contribution in [3.63, 3.8) is 0 Å². The van der Waals surface area contributed by atoms with E-state index >= 15 is 0 Å². The van der Waals surface area contributed by atoms with Crippen molar-refractivity contribution in [2.24, 2.45) is 0 Å². The fourth-order valence-corrected chi connectivity index (χ4v) is 0.123. The van der Waals surface area contributed by atoms with Crippen LogP contribution >= 0.6 is 0 Å². The van der Waals surface area contributed by atoms with Gasteiger partial charge in [-0.1, -0.05) is 6.08 Å². The van der Waals surface area contributed by atoms with Crippen LogP contribution in [0, 0.1) is 0 Å². The molecule has 0 aliphatic heterocycles. The number of carboxylic acid groups (broad SMARTS) is 1. The number of allylic oxidation sites excluding steroid dienone is 1. The van der Waals surface area contributed by atoms with Crippen LogP contribution in [0.15, 0.2) is 11.6 Å². The zero-order valence-electron chi connectivity index (χ0n) is 6.84. The van der Waals surface area contributed by atoms with Gasteiger partial charge in [-0.2, -0.15) is 0 Å². The minimum Gasteiger partial charge on any atom is -0.478 e. The SMILES string of the molecule is CC=C(C)C(=O)O.COC. The first kappa shape index (κ1) is 11.9. The molecule has 1 N–H and O–H groups in total. The van der Waals surface area contributed by atoms with Crippen LogP contribution in [0.3, 0.4) is 0 Å². The number of ether oxygens (including phenoxy) is 1. The van der Waals surface area contributed by atoms with Crippen LogP contribution < -0.4 is 0 Å². The number of hydrogen-bond donors (Lipinski definition) is 1. The van der Waals surface area contributed by atoms with E-state index in [4.69, 9.17) is 5.11 Å². The highest BCUT2D eigenvalue weighted by molar-refractivity contribution is 5.85. The van der Waals surface area contributed by atoms with Crippen molar-refractivity contribution in [2.75, 3.05) is 14.2 Å². The average molecular weight is 146 g/mol. The largest absolute Gasteiger partial charge is 0.478 e. The molecule has 3 nitrogen and oxygen atoms in total. The molecule has 0 aromatic carbocycles. The maximum atomic E-state index is 9.86. The second-order valence-electron chi connectivity index (χ2n) is 1.69. The van der Waals surface area contributed by atoms with Crippen molar-refractivity contribution in [3.05, 3.63) is 11.6 Å². The molecule has 0 heterocycles. The number of hydrogen-bond acceptors (Lipinski definition) is 2. The number of methoxy groups -OCH3 is 1. The van der Waals surface area contributed by atoms with Gasteiger partial charge in [0.25, 0.3) is 0 Å². The number of aliphatic carboxylic acids is 1. The quantitative estimate of drug-likeness (QED) is 0.567. The lowest BCUT2D eigenvalue weighted by Crippen LogP contribution is -1.93. The fraction of sp³-hybridized carbons (Fsp3) is 0.571. The lowest BCUT2D eigenvalue weighted by molar-refractivity contribution is -0.132. The molecule has 0 spiro atoms. The number of carboxylic acids is 1. The predicted molar refractivity (Wildman–Crippen MR) is 40.0 cm³/mol. The highest BCUT2D eigenvalue weighted by Gasteiger charge is 1.93. The molecule has 0 unspecified atom stereocenters. The van der Waals surface area contributed by atoms with Gasteiger partial charge < -0.3 is 9.84 Å². The van der Waals surface area contributed by atoms with Crippen molar-refractivity contribution in [2.45, 2.75) is 13.8 Å². The summed E-state index contributed by atoms with van der Waals surface area (Å²) in [6.45, 7) is 3.26. The summed E-state index contributed by atoms with van der Waals surface area (Å²) in [7, 11) is 3.25. The summed E-state index contributed by atoms with van der Waals surface area (Å²) in [6.07, 6.45) is 1.56. The molecular formula is C7H14O3. The first-order chi connectivity index (χ1) is 4.59. The third-order valence-electron chi connectivity index (χ3n) is 0.770. The molecule has 10 heavy (non-hydrogen) atoms. The minimum absolute atomic E-state index is 0.389. The van der Waals surface area contributed by atoms with E-state index in [0.717, 1.165) is 0 Å². The second-order valence-corrected chi connectivity index (χ2v) is 1.69. The smallest absolute Gasteiger partial charge is 0.330 e. The summed E-state index contributed by atoms with van der Waals surface area (Å²) in [4.78, 5) is 9.86. The maximum absolute atomic E-state index is 9.86. The topological polar surface area (TPSA) is 46.5 Å². The first-order valence-electron chi connectivity index (χ1n) is 2.86. The summed E-state index contributed by atoms with van der Waals surface area (Å²) in [6, 6.07) is 0. The van der Waals surface area contributed by atoms with Crippen LogP contribution in [0.25, 0.3) is 0 Å². The Labute approximate surface area is 61.3 Å². The van der Waals surface area contributed by atoms with E-state index in [9.17, 15) is 4.79 Å². The van der Waals surface area contributed by atoms with Crippen LogP contribution in [0.4, 0.5) is 0 Å². The molecular weight excluding hydrogens is 132 g/mol. The van der Waals surface area contributed by atoms with Crippen LogP contribution in [0.2, 0.25) is 0 Å². The number of rotatable bonds is 1. The van der Waals surface area contributed by atoms with Gasteiger partial charge in [-0.25, -0.2) is 4.79 Å². The Hall–Kier alpha value is -0.830. The van der Waals surface area contributed by atoms with Gasteiger partial charge >= 0.3 is 5.97 Å². The molecule has 0 aromatic heterocycles. The van der Waals surface area contributed by atoms with E-state index in [1.54, 1.807) is 34.1 Å². The molecule has 3 heteroatoms. The molecule has 0 aliphatic carbocycles. The summed E-state index contributed by atoms with van der Waals surface area (Å²) >= 11 is 0. The first-order valence-corrected chi connectivity index (χ1v) is 2.86. The van der Waals surface area contributed by atoms with Gasteiger partial charge in [0, 0.05) is 19.8 Å². The van der Waals surface area contributed by atoms with Crippen LogP contribution in [-0.2, 0) is 9.53 Å². The molecule has 60 valence electrons. The average Bonchev–Trinajstić information content (AvgIpc) is 1.88. The van der Waals surface area contributed by atoms with Crippen molar-refractivity contribution in [3.8, 4) is 0 Å². The Balaban J connectivity index is 0. The summed E-state index contributed by atoms with van der Waals surface area (Å²) in [5.41, 5.74) is 0.389. The van der Waals surface area contributed by atoms with Crippen LogP contribution in [-0.4, -0.2) is 25.3 Å². The molecule has 0 saturated carbocycles. The Morgan fingerprint density at radius 3 is 1.80 bits per heavy atom. The van der Waals surface area contributed by atoms with Gasteiger partial charge in [-0.05, 0) is 13.8 Å². The molecule has 0 rings (SSSR count). The molecule has 0 fully saturated rings. The summed E-state index contributed by atoms with van der Waals surface area (Å²) in [5.74, 6) is -0.845. The molecule has 0 radical (unpaired) electrons. The van der Waals surface area contributed by atoms with Gasteiger partial charge in [0.05, 0.1) is 0 Å². The van der Waals surface area contributed by atoms with Crippen LogP contribution in [0.5, 0.6) is 0 Å². The van der Waals surface area contributed by atoms with Gasteiger partial charge in [0.2, 0.25) is 0 Å². The Kier molecular flexibility index (Phi) is 9.73. The fourth-order valence-electron chi connectivity index (χ4n) is 0.123. The predicted octanol–water partition coefficient (Wildman–Crippen LogP) is 1.30. The summed E-state index contributed by atoms with van der Waals surface area (Å²) < 4.78 is 4.25. The highest BCUT2D eigenvalue weighted by atomic mass is 16.4. The molecule has 0 bridgehead atoms. The molecule has 0 amide bonds. The van der Waals surface area contributed by atoms with Crippen molar-refractivity contribution >= 4 is 5.97 Å². The van der Waals surface area contributed by atoms with E-state index in [2.05, 4.69) is 4.74 Å². The highest BCUT2D eigenvalue weighted by Crippen LogP contribution is 1.87. The lowest BCUT2D eigenvalue weighted by atomic mass is 10.3. The van der Waals surface area contributed by atoms with E-state index in [-0.39, 0.29) is 0 Å². The third kappa shape index (κ3) is 10.2. The van der Waals surface area contributed by atoms with E-state index in [0.29, 0.717) is 5.57 Å². The van der Waals surface area contributed by atoms with Crippen molar-refractivity contribution < 1.29 is 14.6 Å². The van der Waals surface area contributed by atoms with E-state index in [1.165, 1.54) is 0 Å². The van der Waals surface area contributed by atoms with Gasteiger partial charge in [0.15, 0.2) is 0 Å². The van der Waals surface area contributed by atoms with Crippen molar-refractivity contribution in [1.29, 1.82) is 0 Å². The van der Waals surface area contributed by atoms with Gasteiger partial charge in [-0.3, -0.25) is 0 Å². The Morgan fingerprint density at radius 1 is 1.50 bits per heavy atom. The Morgan fingerprint density at radius 2 is 1.80 bits per heavy atom. The lowest BCUT2D eigenvalue weighted by Gasteiger charge is -1.84. The minimum atomic E-state index is -0.845. The molecule has 0 saturated heterocycles.